The summed E-state index contributed by atoms with van der Waals surface area (Å²) in [7, 11) is 0. The molecule has 0 amide bonds. The first-order valence-corrected chi connectivity index (χ1v) is 11.6. The maximum Gasteiger partial charge on any atom is 0.201 e. The van der Waals surface area contributed by atoms with Gasteiger partial charge in [-0.05, 0) is 64.1 Å². The molecule has 178 valence electrons. The molecule has 0 aliphatic rings. The molecule has 9 nitrogen and oxygen atoms in total. The lowest BCUT2D eigenvalue weighted by Gasteiger charge is -2.14. The Morgan fingerprint density at radius 3 is 1.49 bits per heavy atom. The first-order chi connectivity index (χ1) is 16.8. The van der Waals surface area contributed by atoms with E-state index in [0.29, 0.717) is 23.2 Å². The third kappa shape index (κ3) is 4.05. The number of nitrogens with one attached hydrogen (secondary N) is 4. The average Bonchev–Trinajstić information content (AvgIpc) is 3.52. The van der Waals surface area contributed by atoms with E-state index in [0.717, 1.165) is 22.1 Å². The second-order valence-electron chi connectivity index (χ2n) is 8.98. The molecular formula is C26H28N8O. The number of nitrogens with zero attached hydrogens (tertiary/aromatic N) is 4. The van der Waals surface area contributed by atoms with Crippen LogP contribution in [0.2, 0.25) is 0 Å². The van der Waals surface area contributed by atoms with Gasteiger partial charge in [0.15, 0.2) is 23.2 Å². The molecule has 3 heterocycles. The highest BCUT2D eigenvalue weighted by molar-refractivity contribution is 5.96. The minimum absolute atomic E-state index is 0.0862. The molecule has 0 unspecified atom stereocenters. The fourth-order valence-corrected chi connectivity index (χ4v) is 4.09. The number of hydrogen-bond acceptors (Lipinski definition) is 5. The van der Waals surface area contributed by atoms with E-state index in [1.54, 1.807) is 9.13 Å². The number of rotatable bonds is 4. The maximum absolute atomic E-state index is 8.67. The molecule has 0 spiro atoms. The van der Waals surface area contributed by atoms with Gasteiger partial charge in [0.1, 0.15) is 0 Å². The van der Waals surface area contributed by atoms with Crippen molar-refractivity contribution >= 4 is 34.0 Å². The second-order valence-corrected chi connectivity index (χ2v) is 8.98. The lowest BCUT2D eigenvalue weighted by atomic mass is 10.3. The van der Waals surface area contributed by atoms with E-state index in [9.17, 15) is 0 Å². The van der Waals surface area contributed by atoms with Crippen molar-refractivity contribution in [2.24, 2.45) is 0 Å². The predicted octanol–water partition coefficient (Wildman–Crippen LogP) is 4.87. The third-order valence-corrected chi connectivity index (χ3v) is 5.47. The topological polar surface area (TPSA) is 121 Å². The van der Waals surface area contributed by atoms with Crippen molar-refractivity contribution in [2.45, 2.75) is 39.8 Å². The van der Waals surface area contributed by atoms with E-state index < -0.39 is 0 Å². The highest BCUT2D eigenvalue weighted by Crippen LogP contribution is 2.31. The molecule has 0 bridgehead atoms. The number of aromatic nitrogens is 4. The fraction of sp³-hybridized carbons (Fsp3) is 0.231. The highest BCUT2D eigenvalue weighted by Gasteiger charge is 2.23. The highest BCUT2D eigenvalue weighted by atomic mass is 16.3. The molecule has 5 rings (SSSR count). The summed E-state index contributed by atoms with van der Waals surface area (Å²) >= 11 is 0. The first kappa shape index (κ1) is 22.4. The van der Waals surface area contributed by atoms with Gasteiger partial charge in [-0.15, -0.1) is 0 Å². The first-order valence-electron chi connectivity index (χ1n) is 11.6. The SMILES string of the molecule is CC(C)NC(=N)n1c(-c2ccc(-c3nc4ccccc4n3C(=N)NC(C)C)o2)nc2ccccc21. The zero-order chi connectivity index (χ0) is 24.7. The van der Waals surface area contributed by atoms with E-state index in [1.807, 2.05) is 88.4 Å². The Bertz CT molecular complexity index is 1440. The van der Waals surface area contributed by atoms with Crippen molar-refractivity contribution in [3.63, 3.8) is 0 Å². The zero-order valence-electron chi connectivity index (χ0n) is 20.1. The minimum atomic E-state index is 0.0862. The van der Waals surface area contributed by atoms with Crippen LogP contribution in [0.5, 0.6) is 0 Å². The largest absolute Gasteiger partial charge is 0.450 e. The Hall–Kier alpha value is -4.40. The van der Waals surface area contributed by atoms with Crippen LogP contribution in [0.4, 0.5) is 0 Å². The third-order valence-electron chi connectivity index (χ3n) is 5.47. The van der Waals surface area contributed by atoms with Crippen LogP contribution >= 0.6 is 0 Å². The molecule has 0 saturated heterocycles. The van der Waals surface area contributed by atoms with Gasteiger partial charge in [-0.2, -0.15) is 0 Å². The number of hydrogen-bond donors (Lipinski definition) is 4. The van der Waals surface area contributed by atoms with Crippen LogP contribution in [0.15, 0.2) is 65.1 Å². The van der Waals surface area contributed by atoms with E-state index in [2.05, 4.69) is 10.6 Å². The van der Waals surface area contributed by atoms with E-state index >= 15 is 0 Å². The Morgan fingerprint density at radius 2 is 1.09 bits per heavy atom. The van der Waals surface area contributed by atoms with Crippen molar-refractivity contribution in [1.29, 1.82) is 10.8 Å². The van der Waals surface area contributed by atoms with Gasteiger partial charge in [0, 0.05) is 12.1 Å². The van der Waals surface area contributed by atoms with Gasteiger partial charge in [-0.1, -0.05) is 24.3 Å². The van der Waals surface area contributed by atoms with E-state index in [1.165, 1.54) is 0 Å². The number of benzene rings is 2. The van der Waals surface area contributed by atoms with Crippen LogP contribution in [-0.4, -0.2) is 43.1 Å². The standard InChI is InChI=1S/C26H28N8O/c1-15(2)29-25(27)33-19-11-7-5-9-17(19)31-23(33)21-13-14-22(35-21)24-32-18-10-6-8-12-20(18)34(24)26(28)30-16(3)4/h5-16H,1-4H3,(H2,27,29)(H2,28,30). The van der Waals surface area contributed by atoms with Crippen LogP contribution in [0.25, 0.3) is 45.2 Å². The van der Waals surface area contributed by atoms with Gasteiger partial charge in [-0.3, -0.25) is 20.0 Å². The summed E-state index contributed by atoms with van der Waals surface area (Å²) in [6.45, 7) is 7.96. The molecule has 2 aromatic carbocycles. The molecular weight excluding hydrogens is 440 g/mol. The maximum atomic E-state index is 8.67. The molecule has 0 saturated carbocycles. The minimum Gasteiger partial charge on any atom is -0.450 e. The molecule has 0 atom stereocenters. The summed E-state index contributed by atoms with van der Waals surface area (Å²) in [6, 6.07) is 19.2. The van der Waals surface area contributed by atoms with Gasteiger partial charge >= 0.3 is 0 Å². The van der Waals surface area contributed by atoms with Crippen LogP contribution in [0.1, 0.15) is 27.7 Å². The summed E-state index contributed by atoms with van der Waals surface area (Å²) in [4.78, 5) is 9.53. The summed E-state index contributed by atoms with van der Waals surface area (Å²) in [5.74, 6) is 2.50. The number of imidazole rings is 2. The molecule has 5 aromatic rings. The quantitative estimate of drug-likeness (QED) is 0.221. The summed E-state index contributed by atoms with van der Waals surface area (Å²) in [5, 5.41) is 23.6. The molecule has 0 aliphatic carbocycles. The van der Waals surface area contributed by atoms with Crippen LogP contribution in [0, 0.1) is 10.8 Å². The lowest BCUT2D eigenvalue weighted by molar-refractivity contribution is 0.584. The Morgan fingerprint density at radius 1 is 0.686 bits per heavy atom. The van der Waals surface area contributed by atoms with Gasteiger partial charge in [0.2, 0.25) is 11.9 Å². The van der Waals surface area contributed by atoms with Gasteiger partial charge in [0.05, 0.1) is 22.1 Å². The van der Waals surface area contributed by atoms with Crippen molar-refractivity contribution in [2.75, 3.05) is 0 Å². The lowest BCUT2D eigenvalue weighted by Crippen LogP contribution is -2.35. The van der Waals surface area contributed by atoms with Crippen molar-refractivity contribution in [1.82, 2.24) is 29.7 Å². The Balaban J connectivity index is 1.64. The van der Waals surface area contributed by atoms with Crippen LogP contribution < -0.4 is 10.6 Å². The smallest absolute Gasteiger partial charge is 0.201 e. The van der Waals surface area contributed by atoms with Crippen molar-refractivity contribution in [3.8, 4) is 23.2 Å². The van der Waals surface area contributed by atoms with E-state index in [4.69, 9.17) is 25.2 Å². The zero-order valence-corrected chi connectivity index (χ0v) is 20.1. The normalized spacial score (nSPS) is 11.6. The fourth-order valence-electron chi connectivity index (χ4n) is 4.09. The van der Waals surface area contributed by atoms with Crippen LogP contribution in [-0.2, 0) is 0 Å². The average molecular weight is 469 g/mol. The number of furan rings is 1. The molecule has 3 aromatic heterocycles. The molecule has 0 radical (unpaired) electrons. The van der Waals surface area contributed by atoms with Gasteiger partial charge in [-0.25, -0.2) is 9.97 Å². The Labute approximate surface area is 202 Å². The summed E-state index contributed by atoms with van der Waals surface area (Å²) < 4.78 is 9.80. The van der Waals surface area contributed by atoms with Crippen molar-refractivity contribution in [3.05, 3.63) is 60.7 Å². The molecule has 35 heavy (non-hydrogen) atoms. The second kappa shape index (κ2) is 8.75. The van der Waals surface area contributed by atoms with Crippen LogP contribution in [0.3, 0.4) is 0 Å². The molecule has 0 aliphatic heterocycles. The van der Waals surface area contributed by atoms with Crippen molar-refractivity contribution < 1.29 is 4.42 Å². The molecule has 9 heteroatoms. The number of fused-ring (bicyclic) bond motifs is 2. The summed E-state index contributed by atoms with van der Waals surface area (Å²) in [5.41, 5.74) is 3.17. The molecule has 0 fully saturated rings. The predicted molar refractivity (Wildman–Crippen MR) is 139 cm³/mol. The number of para-hydroxylation sites is 4. The Kier molecular flexibility index (Phi) is 5.60. The van der Waals surface area contributed by atoms with Gasteiger partial charge < -0.3 is 15.1 Å². The monoisotopic (exact) mass is 468 g/mol. The molecule has 4 N–H and O–H groups in total. The van der Waals surface area contributed by atoms with Gasteiger partial charge in [0.25, 0.3) is 0 Å². The summed E-state index contributed by atoms with van der Waals surface area (Å²) in [6.07, 6.45) is 0. The van der Waals surface area contributed by atoms with E-state index in [-0.39, 0.29) is 24.0 Å².